The lowest BCUT2D eigenvalue weighted by atomic mass is 9.98. The quantitative estimate of drug-likeness (QED) is 0.333. The van der Waals surface area contributed by atoms with Gasteiger partial charge in [-0.1, -0.05) is 61.3 Å². The lowest BCUT2D eigenvalue weighted by Gasteiger charge is -2.18. The molecule has 1 heterocycles. The van der Waals surface area contributed by atoms with Gasteiger partial charge in [0.2, 0.25) is 0 Å². The molecule has 0 saturated carbocycles. The van der Waals surface area contributed by atoms with E-state index in [9.17, 15) is 0 Å². The van der Waals surface area contributed by atoms with Gasteiger partial charge in [-0.3, -0.25) is 4.90 Å². The summed E-state index contributed by atoms with van der Waals surface area (Å²) in [6.07, 6.45) is 8.29. The number of rotatable bonds is 10. The Hall–Kier alpha value is -2.12. The van der Waals surface area contributed by atoms with Crippen LogP contribution in [0.1, 0.15) is 44.4 Å². The molecule has 0 atom stereocenters. The third-order valence-corrected chi connectivity index (χ3v) is 4.89. The van der Waals surface area contributed by atoms with Gasteiger partial charge in [0.05, 0.1) is 13.2 Å². The molecule has 2 nitrogen and oxygen atoms in total. The summed E-state index contributed by atoms with van der Waals surface area (Å²) in [5.74, 6) is 6.38. The molecule has 154 valence electrons. The molecule has 0 radical (unpaired) electrons. The van der Waals surface area contributed by atoms with Crippen molar-refractivity contribution in [2.45, 2.75) is 40.8 Å². The second kappa shape index (κ2) is 12.4. The predicted octanol–water partition coefficient (Wildman–Crippen LogP) is 6.41. The third-order valence-electron chi connectivity index (χ3n) is 4.19. The molecule has 0 unspecified atom stereocenters. The van der Waals surface area contributed by atoms with Gasteiger partial charge < -0.3 is 4.74 Å². The first-order chi connectivity index (χ1) is 14.0. The van der Waals surface area contributed by atoms with E-state index in [-0.39, 0.29) is 5.41 Å². The standard InChI is InChI=1S/C26H33NOS/c1-5-27(16-8-6-7-15-26(2,3)4)20-24-11-9-12-25(19-24)21-28-17-10-13-23-14-18-29-22-23/h6,8-14,18-19,22H,5,16-17,20-21H2,1-4H3. The summed E-state index contributed by atoms with van der Waals surface area (Å²) in [4.78, 5) is 2.40. The van der Waals surface area contributed by atoms with E-state index >= 15 is 0 Å². The van der Waals surface area contributed by atoms with Crippen molar-refractivity contribution in [3.63, 3.8) is 0 Å². The maximum absolute atomic E-state index is 5.80. The first kappa shape index (κ1) is 23.2. The van der Waals surface area contributed by atoms with Crippen molar-refractivity contribution in [2.75, 3.05) is 19.7 Å². The van der Waals surface area contributed by atoms with E-state index in [1.807, 2.05) is 6.08 Å². The highest BCUT2D eigenvalue weighted by Crippen LogP contribution is 2.11. The zero-order valence-corrected chi connectivity index (χ0v) is 19.0. The Bertz CT molecular complexity index is 832. The Kier molecular flexibility index (Phi) is 9.94. The second-order valence-electron chi connectivity index (χ2n) is 8.04. The van der Waals surface area contributed by atoms with Crippen molar-refractivity contribution >= 4 is 17.4 Å². The Labute approximate surface area is 180 Å². The van der Waals surface area contributed by atoms with Crippen LogP contribution in [0.25, 0.3) is 6.08 Å². The largest absolute Gasteiger partial charge is 0.373 e. The fourth-order valence-corrected chi connectivity index (χ4v) is 3.33. The van der Waals surface area contributed by atoms with E-state index in [4.69, 9.17) is 4.74 Å². The minimum absolute atomic E-state index is 0.0526. The molecule has 1 aromatic heterocycles. The maximum atomic E-state index is 5.80. The lowest BCUT2D eigenvalue weighted by molar-refractivity contribution is 0.149. The SMILES string of the molecule is CCN(CC=CC#CC(C)(C)C)Cc1cccc(COCC=Cc2ccsc2)c1. The molecular weight excluding hydrogens is 374 g/mol. The third kappa shape index (κ3) is 10.3. The molecule has 29 heavy (non-hydrogen) atoms. The van der Waals surface area contributed by atoms with E-state index < -0.39 is 0 Å². The van der Waals surface area contributed by atoms with Gasteiger partial charge in [0.25, 0.3) is 0 Å². The van der Waals surface area contributed by atoms with Crippen LogP contribution in [0, 0.1) is 17.3 Å². The summed E-state index contributed by atoms with van der Waals surface area (Å²) in [5.41, 5.74) is 3.82. The Morgan fingerprint density at radius 2 is 1.97 bits per heavy atom. The minimum atomic E-state index is 0.0526. The van der Waals surface area contributed by atoms with Gasteiger partial charge >= 0.3 is 0 Å². The molecule has 2 aromatic rings. The van der Waals surface area contributed by atoms with Gasteiger partial charge in [-0.2, -0.15) is 11.3 Å². The first-order valence-electron chi connectivity index (χ1n) is 10.2. The molecule has 0 aliphatic heterocycles. The summed E-state index contributed by atoms with van der Waals surface area (Å²) in [6, 6.07) is 10.8. The number of ether oxygens (including phenoxy) is 1. The fraction of sp³-hybridized carbons (Fsp3) is 0.385. The molecule has 0 N–H and O–H groups in total. The smallest absolute Gasteiger partial charge is 0.0721 e. The number of benzene rings is 1. The maximum Gasteiger partial charge on any atom is 0.0721 e. The van der Waals surface area contributed by atoms with Crippen molar-refractivity contribution in [1.29, 1.82) is 0 Å². The van der Waals surface area contributed by atoms with Crippen molar-refractivity contribution in [3.05, 3.63) is 76.0 Å². The van der Waals surface area contributed by atoms with Crippen LogP contribution in [0.4, 0.5) is 0 Å². The summed E-state index contributed by atoms with van der Waals surface area (Å²) in [7, 11) is 0. The molecule has 0 saturated heterocycles. The number of thiophene rings is 1. The van der Waals surface area contributed by atoms with Crippen LogP contribution in [-0.4, -0.2) is 24.6 Å². The number of hydrogen-bond acceptors (Lipinski definition) is 3. The van der Waals surface area contributed by atoms with E-state index in [2.05, 4.69) is 104 Å². The topological polar surface area (TPSA) is 12.5 Å². The van der Waals surface area contributed by atoms with Crippen LogP contribution >= 0.6 is 11.3 Å². The first-order valence-corrected chi connectivity index (χ1v) is 11.1. The van der Waals surface area contributed by atoms with Gasteiger partial charge in [-0.15, -0.1) is 0 Å². The van der Waals surface area contributed by atoms with Crippen LogP contribution in [-0.2, 0) is 17.9 Å². The molecule has 0 bridgehead atoms. The Balaban J connectivity index is 1.79. The number of allylic oxidation sites excluding steroid dienone is 1. The highest BCUT2D eigenvalue weighted by molar-refractivity contribution is 7.08. The summed E-state index contributed by atoms with van der Waals surface area (Å²) in [6.45, 7) is 12.7. The summed E-state index contributed by atoms with van der Waals surface area (Å²) < 4.78 is 5.80. The van der Waals surface area contributed by atoms with E-state index in [0.717, 1.165) is 19.6 Å². The van der Waals surface area contributed by atoms with Gasteiger partial charge in [0.1, 0.15) is 0 Å². The van der Waals surface area contributed by atoms with Crippen molar-refractivity contribution in [2.24, 2.45) is 5.41 Å². The normalized spacial score (nSPS) is 12.0. The number of hydrogen-bond donors (Lipinski definition) is 0. The molecule has 0 aliphatic rings. The van der Waals surface area contributed by atoms with Crippen LogP contribution in [0.2, 0.25) is 0 Å². The average molecular weight is 408 g/mol. The van der Waals surface area contributed by atoms with E-state index in [0.29, 0.717) is 13.2 Å². The Morgan fingerprint density at radius 3 is 2.69 bits per heavy atom. The average Bonchev–Trinajstić information content (AvgIpc) is 3.19. The Morgan fingerprint density at radius 1 is 1.14 bits per heavy atom. The van der Waals surface area contributed by atoms with Crippen molar-refractivity contribution in [1.82, 2.24) is 4.90 Å². The highest BCUT2D eigenvalue weighted by Gasteiger charge is 2.04. The van der Waals surface area contributed by atoms with Gasteiger partial charge in [0.15, 0.2) is 0 Å². The fourth-order valence-electron chi connectivity index (χ4n) is 2.70. The highest BCUT2D eigenvalue weighted by atomic mass is 32.1. The molecule has 1 aromatic carbocycles. The molecule has 2 rings (SSSR count). The monoisotopic (exact) mass is 407 g/mol. The zero-order valence-electron chi connectivity index (χ0n) is 18.2. The van der Waals surface area contributed by atoms with Gasteiger partial charge in [-0.25, -0.2) is 0 Å². The number of likely N-dealkylation sites (N-methyl/N-ethyl adjacent to an activating group) is 1. The molecule has 0 amide bonds. The molecular formula is C26H33NOS. The predicted molar refractivity (Wildman–Crippen MR) is 127 cm³/mol. The molecule has 0 aliphatic carbocycles. The van der Waals surface area contributed by atoms with Crippen LogP contribution < -0.4 is 0 Å². The number of nitrogens with zero attached hydrogens (tertiary/aromatic N) is 1. The molecule has 3 heteroatoms. The van der Waals surface area contributed by atoms with Crippen LogP contribution in [0.5, 0.6) is 0 Å². The molecule has 0 spiro atoms. The lowest BCUT2D eigenvalue weighted by Crippen LogP contribution is -2.22. The van der Waals surface area contributed by atoms with Crippen molar-refractivity contribution in [3.8, 4) is 11.8 Å². The summed E-state index contributed by atoms with van der Waals surface area (Å²) in [5, 5.41) is 4.21. The second-order valence-corrected chi connectivity index (χ2v) is 8.82. The van der Waals surface area contributed by atoms with Gasteiger partial charge in [-0.05, 0) is 66.9 Å². The van der Waals surface area contributed by atoms with E-state index in [1.165, 1.54) is 16.7 Å². The van der Waals surface area contributed by atoms with E-state index in [1.54, 1.807) is 11.3 Å². The summed E-state index contributed by atoms with van der Waals surface area (Å²) >= 11 is 1.71. The van der Waals surface area contributed by atoms with Gasteiger partial charge in [0, 0.05) is 18.5 Å². The molecule has 0 fully saturated rings. The van der Waals surface area contributed by atoms with Crippen LogP contribution in [0.15, 0.2) is 59.3 Å². The zero-order chi connectivity index (χ0) is 21.0. The van der Waals surface area contributed by atoms with Crippen molar-refractivity contribution < 1.29 is 4.74 Å². The minimum Gasteiger partial charge on any atom is -0.373 e. The van der Waals surface area contributed by atoms with Crippen LogP contribution in [0.3, 0.4) is 0 Å².